The van der Waals surface area contributed by atoms with Crippen molar-refractivity contribution in [2.45, 2.75) is 38.3 Å². The molecule has 1 N–H and O–H groups in total. The van der Waals surface area contributed by atoms with Crippen molar-refractivity contribution >= 4 is 10.0 Å². The summed E-state index contributed by atoms with van der Waals surface area (Å²) in [4.78, 5) is 5.91. The predicted molar refractivity (Wildman–Crippen MR) is 95.6 cm³/mol. The standard InChI is InChI=1S/C17H21N5O3S/c1-12(2)16(10-22-18-8-9-19-22)21-26(23,24)15-6-4-14(5-7-15)17-11-25-13(3)20-17/h4-9,11-12,16,21H,10H2,1-3H3/t16-/m0/s1. The predicted octanol–water partition coefficient (Wildman–Crippen LogP) is 2.24. The van der Waals surface area contributed by atoms with Crippen molar-refractivity contribution < 1.29 is 12.8 Å². The van der Waals surface area contributed by atoms with Crippen molar-refractivity contribution in [2.75, 3.05) is 0 Å². The molecule has 0 aliphatic rings. The number of benzene rings is 1. The van der Waals surface area contributed by atoms with Crippen LogP contribution in [0.2, 0.25) is 0 Å². The number of rotatable bonds is 7. The van der Waals surface area contributed by atoms with Crippen molar-refractivity contribution in [3.63, 3.8) is 0 Å². The summed E-state index contributed by atoms with van der Waals surface area (Å²) in [5, 5.41) is 8.09. The zero-order valence-corrected chi connectivity index (χ0v) is 15.6. The number of aromatic nitrogens is 4. The average molecular weight is 375 g/mol. The van der Waals surface area contributed by atoms with Crippen LogP contribution in [0.3, 0.4) is 0 Å². The number of aryl methyl sites for hydroxylation is 1. The van der Waals surface area contributed by atoms with Gasteiger partial charge in [-0.15, -0.1) is 0 Å². The third kappa shape index (κ3) is 4.17. The van der Waals surface area contributed by atoms with Gasteiger partial charge in [0.25, 0.3) is 0 Å². The van der Waals surface area contributed by atoms with Crippen LogP contribution in [0.5, 0.6) is 0 Å². The molecule has 0 aliphatic heterocycles. The van der Waals surface area contributed by atoms with Gasteiger partial charge in [0.05, 0.1) is 23.8 Å². The second-order valence-electron chi connectivity index (χ2n) is 6.33. The molecule has 26 heavy (non-hydrogen) atoms. The van der Waals surface area contributed by atoms with Crippen molar-refractivity contribution in [2.24, 2.45) is 5.92 Å². The molecule has 1 aromatic carbocycles. The summed E-state index contributed by atoms with van der Waals surface area (Å²) < 4.78 is 33.4. The Kier molecular flexibility index (Phi) is 5.19. The fraction of sp³-hybridized carbons (Fsp3) is 0.353. The van der Waals surface area contributed by atoms with Crippen LogP contribution in [0.4, 0.5) is 0 Å². The normalized spacial score (nSPS) is 13.2. The van der Waals surface area contributed by atoms with Crippen molar-refractivity contribution in [3.05, 3.63) is 48.8 Å². The maximum atomic E-state index is 12.7. The third-order valence-electron chi connectivity index (χ3n) is 4.02. The topological polar surface area (TPSA) is 103 Å². The Bertz CT molecular complexity index is 947. The molecular formula is C17H21N5O3S. The number of hydrogen-bond donors (Lipinski definition) is 1. The average Bonchev–Trinajstić information content (AvgIpc) is 3.26. The quantitative estimate of drug-likeness (QED) is 0.679. The maximum Gasteiger partial charge on any atom is 0.240 e. The lowest BCUT2D eigenvalue weighted by Crippen LogP contribution is -2.41. The van der Waals surface area contributed by atoms with Gasteiger partial charge in [-0.1, -0.05) is 26.0 Å². The summed E-state index contributed by atoms with van der Waals surface area (Å²) in [7, 11) is -3.66. The molecule has 138 valence electrons. The zero-order chi connectivity index (χ0) is 18.7. The molecule has 0 spiro atoms. The first-order valence-electron chi connectivity index (χ1n) is 8.24. The minimum atomic E-state index is -3.66. The third-order valence-corrected chi connectivity index (χ3v) is 5.52. The smallest absolute Gasteiger partial charge is 0.240 e. The summed E-state index contributed by atoms with van der Waals surface area (Å²) in [6, 6.07) is 6.22. The Morgan fingerprint density at radius 1 is 1.15 bits per heavy atom. The van der Waals surface area contributed by atoms with E-state index in [1.165, 1.54) is 4.80 Å². The van der Waals surface area contributed by atoms with E-state index in [9.17, 15) is 8.42 Å². The van der Waals surface area contributed by atoms with Crippen molar-refractivity contribution in [1.29, 1.82) is 0 Å². The summed E-state index contributed by atoms with van der Waals surface area (Å²) >= 11 is 0. The Hall–Kier alpha value is -2.52. The molecule has 0 amide bonds. The van der Waals surface area contributed by atoms with E-state index in [1.807, 2.05) is 13.8 Å². The molecule has 2 heterocycles. The van der Waals surface area contributed by atoms with Crippen LogP contribution in [-0.2, 0) is 16.6 Å². The molecule has 3 rings (SSSR count). The summed E-state index contributed by atoms with van der Waals surface area (Å²) in [5.41, 5.74) is 1.46. The number of hydrogen-bond acceptors (Lipinski definition) is 6. The van der Waals surface area contributed by atoms with Gasteiger partial charge in [-0.2, -0.15) is 15.0 Å². The van der Waals surface area contributed by atoms with Gasteiger partial charge in [0.2, 0.25) is 10.0 Å². The molecule has 0 radical (unpaired) electrons. The van der Waals surface area contributed by atoms with E-state index in [-0.39, 0.29) is 16.9 Å². The van der Waals surface area contributed by atoms with Gasteiger partial charge in [-0.05, 0) is 18.1 Å². The van der Waals surface area contributed by atoms with Crippen LogP contribution in [0.1, 0.15) is 19.7 Å². The fourth-order valence-electron chi connectivity index (χ4n) is 2.47. The Labute approximate surface area is 152 Å². The van der Waals surface area contributed by atoms with Crippen LogP contribution in [-0.4, -0.2) is 34.4 Å². The molecule has 2 aromatic heterocycles. The van der Waals surface area contributed by atoms with Gasteiger partial charge < -0.3 is 4.42 Å². The van der Waals surface area contributed by atoms with Crippen LogP contribution in [0.15, 0.2) is 52.2 Å². The van der Waals surface area contributed by atoms with Crippen LogP contribution < -0.4 is 4.72 Å². The fourth-order valence-corrected chi connectivity index (χ4v) is 3.84. The number of nitrogens with one attached hydrogen (secondary N) is 1. The van der Waals surface area contributed by atoms with Crippen molar-refractivity contribution in [3.8, 4) is 11.3 Å². The number of nitrogens with zero attached hydrogens (tertiary/aromatic N) is 4. The van der Waals surface area contributed by atoms with Gasteiger partial charge in [-0.25, -0.2) is 18.1 Å². The van der Waals surface area contributed by atoms with Gasteiger partial charge in [0.15, 0.2) is 5.89 Å². The molecule has 0 saturated heterocycles. The second kappa shape index (κ2) is 7.38. The minimum Gasteiger partial charge on any atom is -0.449 e. The van der Waals surface area contributed by atoms with Gasteiger partial charge in [0.1, 0.15) is 12.0 Å². The molecule has 0 bridgehead atoms. The van der Waals surface area contributed by atoms with E-state index in [0.717, 1.165) is 5.56 Å². The molecule has 0 unspecified atom stereocenters. The van der Waals surface area contributed by atoms with E-state index >= 15 is 0 Å². The molecule has 3 aromatic rings. The first-order chi connectivity index (χ1) is 12.3. The molecule has 0 saturated carbocycles. The zero-order valence-electron chi connectivity index (χ0n) is 14.8. The molecule has 1 atom stereocenters. The van der Waals surface area contributed by atoms with Crippen molar-refractivity contribution in [1.82, 2.24) is 24.7 Å². The van der Waals surface area contributed by atoms with Gasteiger partial charge in [0, 0.05) is 18.5 Å². The largest absolute Gasteiger partial charge is 0.449 e. The SMILES string of the molecule is Cc1nc(-c2ccc(S(=O)(=O)N[C@@H](Cn3nccn3)C(C)C)cc2)co1. The van der Waals surface area contributed by atoms with Gasteiger partial charge >= 0.3 is 0 Å². The Balaban J connectivity index is 1.78. The number of sulfonamides is 1. The Morgan fingerprint density at radius 3 is 2.35 bits per heavy atom. The molecule has 0 aliphatic carbocycles. The summed E-state index contributed by atoms with van der Waals surface area (Å²) in [5.74, 6) is 0.638. The van der Waals surface area contributed by atoms with Crippen LogP contribution in [0.25, 0.3) is 11.3 Å². The lowest BCUT2D eigenvalue weighted by molar-refractivity contribution is 0.361. The summed E-state index contributed by atoms with van der Waals surface area (Å²) in [6.07, 6.45) is 4.68. The first-order valence-corrected chi connectivity index (χ1v) is 9.72. The van der Waals surface area contributed by atoms with Crippen LogP contribution in [0, 0.1) is 12.8 Å². The second-order valence-corrected chi connectivity index (χ2v) is 8.05. The molecular weight excluding hydrogens is 354 g/mol. The van der Waals surface area contributed by atoms with E-state index in [1.54, 1.807) is 49.8 Å². The molecule has 0 fully saturated rings. The van der Waals surface area contributed by atoms with E-state index in [4.69, 9.17) is 4.42 Å². The first kappa shape index (κ1) is 18.3. The van der Waals surface area contributed by atoms with E-state index < -0.39 is 10.0 Å². The lowest BCUT2D eigenvalue weighted by atomic mass is 10.1. The maximum absolute atomic E-state index is 12.7. The summed E-state index contributed by atoms with van der Waals surface area (Å²) in [6.45, 7) is 6.02. The number of oxazole rings is 1. The van der Waals surface area contributed by atoms with E-state index in [2.05, 4.69) is 19.9 Å². The minimum absolute atomic E-state index is 0.0770. The Morgan fingerprint density at radius 2 is 1.81 bits per heavy atom. The highest BCUT2D eigenvalue weighted by Gasteiger charge is 2.23. The van der Waals surface area contributed by atoms with Gasteiger partial charge in [-0.3, -0.25) is 0 Å². The highest BCUT2D eigenvalue weighted by atomic mass is 32.2. The molecule has 8 nitrogen and oxygen atoms in total. The lowest BCUT2D eigenvalue weighted by Gasteiger charge is -2.21. The van der Waals surface area contributed by atoms with E-state index in [0.29, 0.717) is 18.1 Å². The highest BCUT2D eigenvalue weighted by molar-refractivity contribution is 7.89. The van der Waals surface area contributed by atoms with Crippen LogP contribution >= 0.6 is 0 Å². The monoisotopic (exact) mass is 375 g/mol. The highest BCUT2D eigenvalue weighted by Crippen LogP contribution is 2.21. The molecule has 9 heteroatoms.